The van der Waals surface area contributed by atoms with Crippen LogP contribution in [0.1, 0.15) is 38.5 Å². The van der Waals surface area contributed by atoms with E-state index in [0.29, 0.717) is 29.7 Å². The van der Waals surface area contributed by atoms with E-state index in [1.165, 1.54) is 6.42 Å². The minimum Gasteiger partial charge on any atom is -0.426 e. The van der Waals surface area contributed by atoms with Crippen LogP contribution in [0.4, 0.5) is 5.69 Å². The third-order valence-corrected chi connectivity index (χ3v) is 6.84. The van der Waals surface area contributed by atoms with Gasteiger partial charge in [0.05, 0.1) is 11.7 Å². The number of alkyl halides is 1. The van der Waals surface area contributed by atoms with Crippen LogP contribution in [0.3, 0.4) is 0 Å². The van der Waals surface area contributed by atoms with Gasteiger partial charge in [-0.25, -0.2) is 8.42 Å². The Morgan fingerprint density at radius 2 is 1.76 bits per heavy atom. The molecule has 2 unspecified atom stereocenters. The Hall–Kier alpha value is -1.27. The molecule has 4 bridgehead atoms. The number of esters is 1. The molecule has 4 aliphatic carbocycles. The van der Waals surface area contributed by atoms with Gasteiger partial charge in [0.1, 0.15) is 5.75 Å². The van der Waals surface area contributed by atoms with Crippen molar-refractivity contribution in [3.63, 3.8) is 0 Å². The van der Waals surface area contributed by atoms with Crippen molar-refractivity contribution in [1.29, 1.82) is 0 Å². The molecule has 0 aliphatic heterocycles. The molecule has 4 aliphatic rings. The normalized spacial score (nSPS) is 36.2. The fourth-order valence-electron chi connectivity index (χ4n) is 5.41. The molecule has 0 heterocycles. The van der Waals surface area contributed by atoms with Gasteiger partial charge in [0.15, 0.2) is 0 Å². The van der Waals surface area contributed by atoms with Crippen LogP contribution in [0.15, 0.2) is 24.3 Å². The zero-order valence-electron chi connectivity index (χ0n) is 14.1. The smallest absolute Gasteiger partial charge is 0.317 e. The molecule has 1 aromatic carbocycles. The number of anilines is 1. The van der Waals surface area contributed by atoms with Gasteiger partial charge in [-0.2, -0.15) is 0 Å². The van der Waals surface area contributed by atoms with E-state index in [-0.39, 0.29) is 10.8 Å². The second kappa shape index (κ2) is 5.61. The number of hydrogen-bond donors (Lipinski definition) is 1. The SMILES string of the molecule is CS(=O)(=O)Nc1ccc(OC(=O)C23CC4CC(CC(Cl)(C4)C2)C3)cc1. The molecule has 4 fully saturated rings. The molecule has 0 radical (unpaired) electrons. The molecule has 4 saturated carbocycles. The van der Waals surface area contributed by atoms with Crippen LogP contribution in [0.5, 0.6) is 5.75 Å². The highest BCUT2D eigenvalue weighted by Crippen LogP contribution is 2.64. The number of benzene rings is 1. The Bertz CT molecular complexity index is 791. The summed E-state index contributed by atoms with van der Waals surface area (Å²) in [7, 11) is -3.32. The van der Waals surface area contributed by atoms with Crippen LogP contribution >= 0.6 is 11.6 Å². The summed E-state index contributed by atoms with van der Waals surface area (Å²) in [5, 5.41) is 0. The first kappa shape index (κ1) is 17.2. The Morgan fingerprint density at radius 1 is 1.16 bits per heavy atom. The molecule has 25 heavy (non-hydrogen) atoms. The van der Waals surface area contributed by atoms with E-state index in [1.807, 2.05) is 0 Å². The summed E-state index contributed by atoms with van der Waals surface area (Å²) in [6.07, 6.45) is 6.79. The lowest BCUT2D eigenvalue weighted by Crippen LogP contribution is -2.56. The maximum absolute atomic E-state index is 12.9. The fraction of sp³-hybridized carbons (Fsp3) is 0.611. The van der Waals surface area contributed by atoms with E-state index in [4.69, 9.17) is 16.3 Å². The number of carbonyl (C=O) groups is 1. The Morgan fingerprint density at radius 3 is 2.28 bits per heavy atom. The van der Waals surface area contributed by atoms with Crippen LogP contribution in [-0.4, -0.2) is 25.5 Å². The number of halogens is 1. The molecular formula is C18H22ClNO4S. The second-order valence-electron chi connectivity index (χ2n) is 8.18. The van der Waals surface area contributed by atoms with Crippen molar-refractivity contribution < 1.29 is 17.9 Å². The van der Waals surface area contributed by atoms with Crippen molar-refractivity contribution in [2.24, 2.45) is 17.3 Å². The van der Waals surface area contributed by atoms with Crippen LogP contribution in [0.2, 0.25) is 0 Å². The van der Waals surface area contributed by atoms with Crippen molar-refractivity contribution in [3.05, 3.63) is 24.3 Å². The molecule has 1 N–H and O–H groups in total. The Balaban J connectivity index is 1.49. The highest BCUT2D eigenvalue weighted by atomic mass is 35.5. The van der Waals surface area contributed by atoms with Gasteiger partial charge in [-0.05, 0) is 74.6 Å². The lowest BCUT2D eigenvalue weighted by Gasteiger charge is -2.58. The largest absolute Gasteiger partial charge is 0.426 e. The Kier molecular flexibility index (Phi) is 3.85. The number of rotatable bonds is 4. The quantitative estimate of drug-likeness (QED) is 0.490. The summed E-state index contributed by atoms with van der Waals surface area (Å²) in [5.74, 6) is 1.32. The molecule has 7 heteroatoms. The molecule has 5 rings (SSSR count). The maximum Gasteiger partial charge on any atom is 0.317 e. The van der Waals surface area contributed by atoms with Crippen molar-refractivity contribution >= 4 is 33.3 Å². The van der Waals surface area contributed by atoms with Crippen molar-refractivity contribution in [3.8, 4) is 5.75 Å². The monoisotopic (exact) mass is 383 g/mol. The first-order chi connectivity index (χ1) is 11.6. The van der Waals surface area contributed by atoms with E-state index >= 15 is 0 Å². The third kappa shape index (κ3) is 3.38. The van der Waals surface area contributed by atoms with Crippen molar-refractivity contribution in [1.82, 2.24) is 0 Å². The van der Waals surface area contributed by atoms with Gasteiger partial charge in [-0.1, -0.05) is 0 Å². The van der Waals surface area contributed by atoms with Gasteiger partial charge in [0, 0.05) is 10.6 Å². The topological polar surface area (TPSA) is 72.5 Å². The minimum atomic E-state index is -3.32. The highest BCUT2D eigenvalue weighted by molar-refractivity contribution is 7.92. The average molecular weight is 384 g/mol. The summed E-state index contributed by atoms with van der Waals surface area (Å²) in [6.45, 7) is 0. The predicted octanol–water partition coefficient (Wildman–Crippen LogP) is 3.54. The number of nitrogens with one attached hydrogen (secondary N) is 1. The summed E-state index contributed by atoms with van der Waals surface area (Å²) < 4.78 is 30.5. The molecule has 2 atom stereocenters. The molecule has 1 aromatic rings. The van der Waals surface area contributed by atoms with Crippen LogP contribution in [0.25, 0.3) is 0 Å². The highest BCUT2D eigenvalue weighted by Gasteiger charge is 2.60. The molecule has 0 aromatic heterocycles. The number of carbonyl (C=O) groups excluding carboxylic acids is 1. The zero-order chi connectivity index (χ0) is 17.9. The first-order valence-corrected chi connectivity index (χ1v) is 10.9. The Labute approximate surface area is 153 Å². The van der Waals surface area contributed by atoms with E-state index in [0.717, 1.165) is 31.9 Å². The third-order valence-electron chi connectivity index (χ3n) is 5.79. The summed E-state index contributed by atoms with van der Waals surface area (Å²) in [5.41, 5.74) is -0.00740. The first-order valence-electron chi connectivity index (χ1n) is 8.64. The van der Waals surface area contributed by atoms with Crippen LogP contribution in [-0.2, 0) is 14.8 Å². The van der Waals surface area contributed by atoms with Crippen LogP contribution < -0.4 is 9.46 Å². The number of ether oxygens (including phenoxy) is 1. The van der Waals surface area contributed by atoms with Crippen LogP contribution in [0, 0.1) is 17.3 Å². The maximum atomic E-state index is 12.9. The van der Waals surface area contributed by atoms with Gasteiger partial charge in [-0.3, -0.25) is 9.52 Å². The zero-order valence-corrected chi connectivity index (χ0v) is 15.7. The van der Waals surface area contributed by atoms with Gasteiger partial charge >= 0.3 is 5.97 Å². The summed E-state index contributed by atoms with van der Waals surface area (Å²) >= 11 is 6.78. The standard InChI is InChI=1S/C18H22ClNO4S/c1-25(22,23)20-14-2-4-15(5-3-14)24-16(21)17-7-12-6-13(8-17)10-18(19,9-12)11-17/h2-5,12-13,20H,6-11H2,1H3. The molecular weight excluding hydrogens is 362 g/mol. The number of hydrogen-bond acceptors (Lipinski definition) is 4. The van der Waals surface area contributed by atoms with Crippen molar-refractivity contribution in [2.75, 3.05) is 11.0 Å². The van der Waals surface area contributed by atoms with E-state index < -0.39 is 15.4 Å². The summed E-state index contributed by atoms with van der Waals surface area (Å²) in [6, 6.07) is 6.41. The summed E-state index contributed by atoms with van der Waals surface area (Å²) in [4.78, 5) is 12.7. The van der Waals surface area contributed by atoms with Gasteiger partial charge in [0.2, 0.25) is 10.0 Å². The molecule has 0 saturated heterocycles. The minimum absolute atomic E-state index is 0.185. The fourth-order valence-corrected chi connectivity index (χ4v) is 6.67. The van der Waals surface area contributed by atoms with E-state index in [9.17, 15) is 13.2 Å². The molecule has 0 amide bonds. The van der Waals surface area contributed by atoms with E-state index in [2.05, 4.69) is 4.72 Å². The van der Waals surface area contributed by atoms with Crippen molar-refractivity contribution in [2.45, 2.75) is 43.4 Å². The van der Waals surface area contributed by atoms with Gasteiger partial charge in [0.25, 0.3) is 0 Å². The molecule has 5 nitrogen and oxygen atoms in total. The van der Waals surface area contributed by atoms with Gasteiger partial charge in [-0.15, -0.1) is 11.6 Å². The van der Waals surface area contributed by atoms with Gasteiger partial charge < -0.3 is 4.74 Å². The second-order valence-corrected chi connectivity index (χ2v) is 10.7. The molecule has 0 spiro atoms. The molecule has 136 valence electrons. The average Bonchev–Trinajstić information content (AvgIpc) is 2.45. The predicted molar refractivity (Wildman–Crippen MR) is 96.2 cm³/mol. The van der Waals surface area contributed by atoms with E-state index in [1.54, 1.807) is 24.3 Å². The number of sulfonamides is 1. The lowest BCUT2D eigenvalue weighted by molar-refractivity contribution is -0.160. The lowest BCUT2D eigenvalue weighted by atomic mass is 9.49.